The van der Waals surface area contributed by atoms with Crippen molar-refractivity contribution >= 4 is 11.8 Å². The molecule has 1 unspecified atom stereocenters. The smallest absolute Gasteiger partial charge is 0.343 e. The maximum atomic E-state index is 11.3. The molecular formula is C12H15N3O2S. The summed E-state index contributed by atoms with van der Waals surface area (Å²) in [4.78, 5) is 12.2. The van der Waals surface area contributed by atoms with Crippen LogP contribution in [0.25, 0.3) is 0 Å². The highest BCUT2D eigenvalue weighted by Crippen LogP contribution is 2.32. The summed E-state index contributed by atoms with van der Waals surface area (Å²) in [6, 6.07) is 7.60. The van der Waals surface area contributed by atoms with E-state index in [9.17, 15) is 9.90 Å². The molecule has 2 rings (SSSR count). The second kappa shape index (κ2) is 5.41. The van der Waals surface area contributed by atoms with Crippen LogP contribution in [0.1, 0.15) is 25.0 Å². The van der Waals surface area contributed by atoms with Crippen molar-refractivity contribution in [2.24, 2.45) is 7.05 Å². The van der Waals surface area contributed by atoms with Crippen molar-refractivity contribution in [2.45, 2.75) is 29.5 Å². The van der Waals surface area contributed by atoms with Gasteiger partial charge in [-0.3, -0.25) is 4.57 Å². The normalized spacial score (nSPS) is 12.6. The molecule has 0 radical (unpaired) electrons. The highest BCUT2D eigenvalue weighted by molar-refractivity contribution is 7.99. The van der Waals surface area contributed by atoms with Gasteiger partial charge in [0.2, 0.25) is 0 Å². The molecule has 0 saturated heterocycles. The van der Waals surface area contributed by atoms with Crippen LogP contribution < -0.4 is 5.69 Å². The van der Waals surface area contributed by atoms with Gasteiger partial charge in [0.1, 0.15) is 0 Å². The molecule has 0 aliphatic rings. The first-order valence-electron chi connectivity index (χ1n) is 5.69. The Morgan fingerprint density at radius 2 is 2.22 bits per heavy atom. The number of hydrogen-bond donors (Lipinski definition) is 2. The molecule has 0 saturated carbocycles. The molecule has 1 atom stereocenters. The maximum Gasteiger partial charge on any atom is 0.343 e. The molecule has 96 valence electrons. The lowest BCUT2D eigenvalue weighted by atomic mass is 10.1. The molecule has 1 heterocycles. The number of H-pyrrole nitrogens is 1. The molecule has 0 amide bonds. The molecule has 5 nitrogen and oxygen atoms in total. The van der Waals surface area contributed by atoms with Crippen molar-refractivity contribution in [1.29, 1.82) is 0 Å². The number of nitrogens with zero attached hydrogens (tertiary/aromatic N) is 2. The highest BCUT2D eigenvalue weighted by atomic mass is 32.2. The van der Waals surface area contributed by atoms with Crippen LogP contribution in [0.5, 0.6) is 0 Å². The molecule has 1 aromatic heterocycles. The van der Waals surface area contributed by atoms with Gasteiger partial charge in [0.25, 0.3) is 0 Å². The van der Waals surface area contributed by atoms with Crippen molar-refractivity contribution in [2.75, 3.05) is 0 Å². The molecule has 0 aliphatic heterocycles. The largest absolute Gasteiger partial charge is 0.388 e. The van der Waals surface area contributed by atoms with E-state index in [2.05, 4.69) is 10.2 Å². The Morgan fingerprint density at radius 3 is 2.83 bits per heavy atom. The lowest BCUT2D eigenvalue weighted by Gasteiger charge is -2.12. The molecule has 18 heavy (non-hydrogen) atoms. The average Bonchev–Trinajstić information content (AvgIpc) is 2.70. The van der Waals surface area contributed by atoms with Gasteiger partial charge in [-0.25, -0.2) is 9.89 Å². The van der Waals surface area contributed by atoms with Crippen LogP contribution in [0.3, 0.4) is 0 Å². The van der Waals surface area contributed by atoms with Crippen LogP contribution >= 0.6 is 11.8 Å². The van der Waals surface area contributed by atoms with E-state index in [1.165, 1.54) is 16.3 Å². The molecule has 0 spiro atoms. The minimum atomic E-state index is -0.496. The number of benzene rings is 1. The SMILES string of the molecule is CCC(O)c1ccccc1Sc1n[nH]c(=O)n1C. The van der Waals surface area contributed by atoms with Gasteiger partial charge < -0.3 is 5.11 Å². The van der Waals surface area contributed by atoms with Crippen LogP contribution in [0.4, 0.5) is 0 Å². The van der Waals surface area contributed by atoms with E-state index in [-0.39, 0.29) is 5.69 Å². The topological polar surface area (TPSA) is 70.9 Å². The number of hydrogen-bond acceptors (Lipinski definition) is 4. The molecule has 0 aliphatic carbocycles. The minimum absolute atomic E-state index is 0.244. The van der Waals surface area contributed by atoms with Gasteiger partial charge in [-0.05, 0) is 29.8 Å². The Bertz CT molecular complexity index is 591. The molecule has 0 fully saturated rings. The number of aromatic amines is 1. The monoisotopic (exact) mass is 265 g/mol. The quantitative estimate of drug-likeness (QED) is 0.882. The number of nitrogens with one attached hydrogen (secondary N) is 1. The van der Waals surface area contributed by atoms with Gasteiger partial charge in [-0.2, -0.15) is 0 Å². The van der Waals surface area contributed by atoms with Gasteiger partial charge in [-0.1, -0.05) is 25.1 Å². The third-order valence-corrected chi connectivity index (χ3v) is 3.84. The Kier molecular flexibility index (Phi) is 3.88. The maximum absolute atomic E-state index is 11.3. The number of aliphatic hydroxyl groups is 1. The third-order valence-electron chi connectivity index (χ3n) is 2.70. The summed E-state index contributed by atoms with van der Waals surface area (Å²) in [5, 5.41) is 16.9. The zero-order chi connectivity index (χ0) is 13.1. The van der Waals surface area contributed by atoms with E-state index in [1.807, 2.05) is 31.2 Å². The standard InChI is InChI=1S/C12H15N3O2S/c1-3-9(16)8-6-4-5-7-10(8)18-12-14-13-11(17)15(12)2/h4-7,9,16H,3H2,1-2H3,(H,13,17). The summed E-state index contributed by atoms with van der Waals surface area (Å²) < 4.78 is 1.44. The predicted octanol–water partition coefficient (Wildman–Crippen LogP) is 1.70. The van der Waals surface area contributed by atoms with Crippen LogP contribution in [-0.4, -0.2) is 19.9 Å². The van der Waals surface area contributed by atoms with E-state index in [4.69, 9.17) is 0 Å². The van der Waals surface area contributed by atoms with Crippen molar-refractivity contribution in [3.8, 4) is 0 Å². The van der Waals surface area contributed by atoms with Gasteiger partial charge >= 0.3 is 5.69 Å². The average molecular weight is 265 g/mol. The zero-order valence-electron chi connectivity index (χ0n) is 10.3. The first-order chi connectivity index (χ1) is 8.63. The Hall–Kier alpha value is -1.53. The Morgan fingerprint density at radius 1 is 1.50 bits per heavy atom. The van der Waals surface area contributed by atoms with E-state index >= 15 is 0 Å². The zero-order valence-corrected chi connectivity index (χ0v) is 11.1. The molecule has 6 heteroatoms. The van der Waals surface area contributed by atoms with Gasteiger partial charge in [0, 0.05) is 11.9 Å². The molecule has 2 aromatic rings. The van der Waals surface area contributed by atoms with E-state index in [1.54, 1.807) is 7.05 Å². The lowest BCUT2D eigenvalue weighted by molar-refractivity contribution is 0.171. The van der Waals surface area contributed by atoms with E-state index in [0.29, 0.717) is 11.6 Å². The Labute approximate surface area is 109 Å². The van der Waals surface area contributed by atoms with Crippen LogP contribution in [0, 0.1) is 0 Å². The summed E-state index contributed by atoms with van der Waals surface area (Å²) in [6.45, 7) is 1.93. The number of aliphatic hydroxyl groups excluding tert-OH is 1. The Balaban J connectivity index is 2.34. The van der Waals surface area contributed by atoms with Crippen LogP contribution in [0.2, 0.25) is 0 Å². The number of rotatable bonds is 4. The third kappa shape index (κ3) is 2.49. The van der Waals surface area contributed by atoms with Crippen LogP contribution in [-0.2, 0) is 7.05 Å². The van der Waals surface area contributed by atoms with Gasteiger partial charge in [-0.15, -0.1) is 5.10 Å². The fourth-order valence-corrected chi connectivity index (χ4v) is 2.57. The van der Waals surface area contributed by atoms with Crippen molar-refractivity contribution in [3.05, 3.63) is 40.3 Å². The molecule has 1 aromatic carbocycles. The highest BCUT2D eigenvalue weighted by Gasteiger charge is 2.13. The summed E-state index contributed by atoms with van der Waals surface area (Å²) in [5.74, 6) is 0. The van der Waals surface area contributed by atoms with Gasteiger partial charge in [0.15, 0.2) is 5.16 Å². The predicted molar refractivity (Wildman–Crippen MR) is 69.6 cm³/mol. The summed E-state index contributed by atoms with van der Waals surface area (Å²) in [5.41, 5.74) is 0.617. The molecule has 2 N–H and O–H groups in total. The second-order valence-corrected chi connectivity index (χ2v) is 4.94. The van der Waals surface area contributed by atoms with Crippen molar-refractivity contribution in [1.82, 2.24) is 14.8 Å². The van der Waals surface area contributed by atoms with E-state index in [0.717, 1.165) is 10.5 Å². The summed E-state index contributed by atoms with van der Waals surface area (Å²) >= 11 is 1.37. The summed E-state index contributed by atoms with van der Waals surface area (Å²) in [7, 11) is 1.66. The fourth-order valence-electron chi connectivity index (χ4n) is 1.59. The van der Waals surface area contributed by atoms with Gasteiger partial charge in [0.05, 0.1) is 6.10 Å². The van der Waals surface area contributed by atoms with E-state index < -0.39 is 6.10 Å². The van der Waals surface area contributed by atoms with Crippen molar-refractivity contribution < 1.29 is 5.11 Å². The minimum Gasteiger partial charge on any atom is -0.388 e. The van der Waals surface area contributed by atoms with Crippen molar-refractivity contribution in [3.63, 3.8) is 0 Å². The first-order valence-corrected chi connectivity index (χ1v) is 6.51. The summed E-state index contributed by atoms with van der Waals surface area (Å²) in [6.07, 6.45) is 0.154. The molecular weight excluding hydrogens is 250 g/mol. The lowest BCUT2D eigenvalue weighted by Crippen LogP contribution is -2.12. The van der Waals surface area contributed by atoms with Crippen LogP contribution in [0.15, 0.2) is 39.1 Å². The number of aromatic nitrogens is 3. The fraction of sp³-hybridized carbons (Fsp3) is 0.333. The molecule has 0 bridgehead atoms. The second-order valence-electron chi connectivity index (χ2n) is 3.93. The first kappa shape index (κ1) is 12.9.